The van der Waals surface area contributed by atoms with Crippen molar-refractivity contribution in [3.05, 3.63) is 69.0 Å². The van der Waals surface area contributed by atoms with Crippen molar-refractivity contribution in [3.63, 3.8) is 0 Å². The number of carboxylic acids is 2. The molecule has 3 aromatic rings. The third-order valence-electron chi connectivity index (χ3n) is 6.25. The lowest BCUT2D eigenvalue weighted by Crippen LogP contribution is -2.46. The highest BCUT2D eigenvalue weighted by molar-refractivity contribution is 9.10. The Kier molecular flexibility index (Phi) is 9.31. The average molecular weight is 678 g/mol. The number of nitrogens with zero attached hydrogens (tertiary/aromatic N) is 1. The molecule has 0 bridgehead atoms. The molecular formula is C26H24BrF3N2O7S2. The first-order valence-electron chi connectivity index (χ1n) is 12.2. The highest BCUT2D eigenvalue weighted by Gasteiger charge is 2.34. The molecule has 41 heavy (non-hydrogen) atoms. The number of halogens is 4. The van der Waals surface area contributed by atoms with Gasteiger partial charge in [-0.05, 0) is 71.2 Å². The molecule has 3 N–H and O–H groups in total. The number of aliphatic carboxylic acids is 1. The first kappa shape index (κ1) is 30.8. The maximum atomic E-state index is 13.8. The van der Waals surface area contributed by atoms with E-state index in [0.29, 0.717) is 36.4 Å². The lowest BCUT2D eigenvalue weighted by atomic mass is 10.1. The van der Waals surface area contributed by atoms with Gasteiger partial charge in [0.1, 0.15) is 0 Å². The predicted octanol–water partition coefficient (Wildman–Crippen LogP) is 5.45. The highest BCUT2D eigenvalue weighted by Crippen LogP contribution is 2.46. The molecule has 1 aliphatic rings. The molecule has 9 nitrogen and oxygen atoms in total. The zero-order valence-electron chi connectivity index (χ0n) is 21.2. The Morgan fingerprint density at radius 2 is 1.78 bits per heavy atom. The number of carboxylic acid groups (broad SMARTS) is 2. The summed E-state index contributed by atoms with van der Waals surface area (Å²) in [6, 6.07) is 10.1. The van der Waals surface area contributed by atoms with E-state index in [4.69, 9.17) is 9.84 Å². The summed E-state index contributed by atoms with van der Waals surface area (Å²) in [4.78, 5) is 23.0. The van der Waals surface area contributed by atoms with Gasteiger partial charge in [0.05, 0.1) is 26.4 Å². The normalized spacial score (nSPS) is 14.5. The monoisotopic (exact) mass is 676 g/mol. The molecule has 15 heteroatoms. The fourth-order valence-corrected chi connectivity index (χ4v) is 8.25. The van der Waals surface area contributed by atoms with E-state index < -0.39 is 52.1 Å². The van der Waals surface area contributed by atoms with Crippen molar-refractivity contribution in [2.75, 3.05) is 24.0 Å². The number of piperidine rings is 1. The van der Waals surface area contributed by atoms with Gasteiger partial charge in [-0.3, -0.25) is 4.31 Å². The van der Waals surface area contributed by atoms with Crippen LogP contribution in [0.2, 0.25) is 0 Å². The molecule has 0 unspecified atom stereocenters. The molecule has 0 amide bonds. The Labute approximate surface area is 245 Å². The molecule has 0 aliphatic carbocycles. The molecule has 1 aromatic heterocycles. The van der Waals surface area contributed by atoms with Gasteiger partial charge in [-0.2, -0.15) is 13.2 Å². The predicted molar refractivity (Wildman–Crippen MR) is 150 cm³/mol. The number of alkyl halides is 3. The number of benzene rings is 2. The van der Waals surface area contributed by atoms with Crippen molar-refractivity contribution in [2.24, 2.45) is 0 Å². The fraction of sp³-hybridized carbons (Fsp3) is 0.308. The number of ether oxygens (including phenoxy) is 1. The van der Waals surface area contributed by atoms with Crippen molar-refractivity contribution in [1.82, 2.24) is 5.32 Å². The second-order valence-electron chi connectivity index (χ2n) is 9.17. The Morgan fingerprint density at radius 3 is 2.41 bits per heavy atom. The summed E-state index contributed by atoms with van der Waals surface area (Å²) in [7, 11) is -4.19. The van der Waals surface area contributed by atoms with E-state index in [1.54, 1.807) is 24.3 Å². The van der Waals surface area contributed by atoms with E-state index in [2.05, 4.69) is 21.2 Å². The van der Waals surface area contributed by atoms with Gasteiger partial charge in [0.25, 0.3) is 0 Å². The second kappa shape index (κ2) is 12.4. The van der Waals surface area contributed by atoms with Gasteiger partial charge in [0.15, 0.2) is 17.2 Å². The number of hydrogen-bond donors (Lipinski definition) is 3. The number of anilines is 1. The minimum Gasteiger partial charge on any atom is -0.479 e. The van der Waals surface area contributed by atoms with Gasteiger partial charge in [-0.15, -0.1) is 11.3 Å². The molecule has 0 radical (unpaired) electrons. The van der Waals surface area contributed by atoms with Crippen LogP contribution in [-0.2, 0) is 26.7 Å². The van der Waals surface area contributed by atoms with Gasteiger partial charge in [-0.1, -0.05) is 30.3 Å². The summed E-state index contributed by atoms with van der Waals surface area (Å²) < 4.78 is 74.1. The maximum absolute atomic E-state index is 13.8. The van der Waals surface area contributed by atoms with Crippen LogP contribution in [0.25, 0.3) is 10.4 Å². The van der Waals surface area contributed by atoms with E-state index in [1.165, 1.54) is 16.4 Å². The minimum atomic E-state index is -4.63. The van der Waals surface area contributed by atoms with E-state index >= 15 is 0 Å². The zero-order valence-corrected chi connectivity index (χ0v) is 24.4. The summed E-state index contributed by atoms with van der Waals surface area (Å²) in [6.45, 7) is 0.317. The number of carbonyl (C=O) groups is 2. The standard InChI is InChI=1S/C26H24BrF3N2O7S2/c27-21-22(39-13-20(33)34)24(25(35)36)40-23(21)16-4-2-6-19(12-16)32(18-7-9-31-10-8-18)41(37,38)14-15-3-1-5-17(11-15)26(28,29)30/h1-6,11-12,18,31H,7-10,13-14H2,(H,33,34)(H,35,36). The summed E-state index contributed by atoms with van der Waals surface area (Å²) >= 11 is 4.12. The van der Waals surface area contributed by atoms with Crippen LogP contribution < -0.4 is 14.4 Å². The first-order chi connectivity index (χ1) is 19.3. The Morgan fingerprint density at radius 1 is 1.10 bits per heavy atom. The molecule has 220 valence electrons. The highest BCUT2D eigenvalue weighted by atomic mass is 79.9. The number of hydrogen-bond acceptors (Lipinski definition) is 7. The van der Waals surface area contributed by atoms with Crippen LogP contribution in [0, 0.1) is 0 Å². The van der Waals surface area contributed by atoms with Crippen molar-refractivity contribution in [2.45, 2.75) is 30.8 Å². The second-order valence-corrected chi connectivity index (χ2v) is 12.8. The van der Waals surface area contributed by atoms with Crippen LogP contribution in [0.15, 0.2) is 53.0 Å². The van der Waals surface area contributed by atoms with E-state index in [-0.39, 0.29) is 26.4 Å². The number of sulfonamides is 1. The van der Waals surface area contributed by atoms with Crippen LogP contribution in [0.4, 0.5) is 18.9 Å². The molecule has 0 atom stereocenters. The summed E-state index contributed by atoms with van der Waals surface area (Å²) in [6.07, 6.45) is -3.70. The third kappa shape index (κ3) is 7.20. The topological polar surface area (TPSA) is 133 Å². The zero-order chi connectivity index (χ0) is 29.9. The quantitative estimate of drug-likeness (QED) is 0.258. The molecule has 1 aliphatic heterocycles. The molecule has 1 fully saturated rings. The van der Waals surface area contributed by atoms with Crippen molar-refractivity contribution >= 4 is 54.9 Å². The van der Waals surface area contributed by atoms with Crippen LogP contribution in [-0.4, -0.2) is 56.3 Å². The van der Waals surface area contributed by atoms with E-state index in [9.17, 15) is 36.3 Å². The van der Waals surface area contributed by atoms with E-state index in [0.717, 1.165) is 23.5 Å². The third-order valence-corrected chi connectivity index (χ3v) is 10.3. The SMILES string of the molecule is O=C(O)COc1c(C(=O)O)sc(-c2cccc(N(C3CCNCC3)S(=O)(=O)Cc3cccc(C(F)(F)F)c3)c2)c1Br. The summed E-state index contributed by atoms with van der Waals surface area (Å²) in [5.41, 5.74) is -0.271. The van der Waals surface area contributed by atoms with Crippen molar-refractivity contribution in [3.8, 4) is 16.2 Å². The molecule has 1 saturated heterocycles. The van der Waals surface area contributed by atoms with Gasteiger partial charge < -0.3 is 20.3 Å². The largest absolute Gasteiger partial charge is 0.479 e. The van der Waals surface area contributed by atoms with Crippen molar-refractivity contribution in [1.29, 1.82) is 0 Å². The molecule has 2 heterocycles. The summed E-state index contributed by atoms with van der Waals surface area (Å²) in [5.74, 6) is -3.47. The van der Waals surface area contributed by atoms with Gasteiger partial charge in [0.2, 0.25) is 10.0 Å². The van der Waals surface area contributed by atoms with Gasteiger partial charge >= 0.3 is 18.1 Å². The smallest absolute Gasteiger partial charge is 0.416 e. The van der Waals surface area contributed by atoms with Crippen LogP contribution in [0.1, 0.15) is 33.6 Å². The Bertz CT molecular complexity index is 1550. The van der Waals surface area contributed by atoms with Crippen LogP contribution in [0.5, 0.6) is 5.75 Å². The van der Waals surface area contributed by atoms with Crippen LogP contribution in [0.3, 0.4) is 0 Å². The molecular weight excluding hydrogens is 653 g/mol. The molecule has 0 saturated carbocycles. The van der Waals surface area contributed by atoms with Crippen LogP contribution >= 0.6 is 27.3 Å². The average Bonchev–Trinajstić information content (AvgIpc) is 3.24. The number of rotatable bonds is 10. The molecule has 2 aromatic carbocycles. The lowest BCUT2D eigenvalue weighted by Gasteiger charge is -2.35. The Hall–Kier alpha value is -3.14. The van der Waals surface area contributed by atoms with E-state index in [1.807, 2.05) is 0 Å². The molecule has 0 spiro atoms. The number of nitrogens with one attached hydrogen (secondary N) is 1. The van der Waals surface area contributed by atoms with Gasteiger partial charge in [0, 0.05) is 6.04 Å². The maximum Gasteiger partial charge on any atom is 0.416 e. The number of aromatic carboxylic acids is 1. The minimum absolute atomic E-state index is 0.0118. The fourth-order valence-electron chi connectivity index (χ4n) is 4.53. The summed E-state index contributed by atoms with van der Waals surface area (Å²) in [5, 5.41) is 21.8. The Balaban J connectivity index is 1.76. The van der Waals surface area contributed by atoms with Gasteiger partial charge in [-0.25, -0.2) is 18.0 Å². The first-order valence-corrected chi connectivity index (χ1v) is 15.4. The number of thiophene rings is 1. The lowest BCUT2D eigenvalue weighted by molar-refractivity contribution is -0.139. The van der Waals surface area contributed by atoms with Crippen molar-refractivity contribution < 1.29 is 46.1 Å². The molecule has 4 rings (SSSR count).